The Labute approximate surface area is 133 Å². The van der Waals surface area contributed by atoms with E-state index in [4.69, 9.17) is 9.47 Å². The topological polar surface area (TPSA) is 52.6 Å². The van der Waals surface area contributed by atoms with Crippen LogP contribution in [0, 0.1) is 0 Å². The molecule has 4 nitrogen and oxygen atoms in total. The lowest BCUT2D eigenvalue weighted by Gasteiger charge is -2.31. The van der Waals surface area contributed by atoms with Crippen molar-refractivity contribution < 1.29 is 19.1 Å². The number of methoxy groups -OCH3 is 1. The minimum atomic E-state index is -0.226. The number of ether oxygens (including phenoxy) is 2. The molecule has 0 aliphatic heterocycles. The van der Waals surface area contributed by atoms with Gasteiger partial charge in [0.2, 0.25) is 0 Å². The van der Waals surface area contributed by atoms with Crippen molar-refractivity contribution in [1.82, 2.24) is 0 Å². The van der Waals surface area contributed by atoms with Crippen LogP contribution in [-0.4, -0.2) is 48.5 Å². The van der Waals surface area contributed by atoms with Crippen molar-refractivity contribution in [2.24, 2.45) is 0 Å². The average molecular weight is 318 g/mol. The van der Waals surface area contributed by atoms with Gasteiger partial charge in [0, 0.05) is 13.5 Å². The van der Waals surface area contributed by atoms with Crippen molar-refractivity contribution in [3.05, 3.63) is 0 Å². The van der Waals surface area contributed by atoms with Gasteiger partial charge in [-0.05, 0) is 45.8 Å². The maximum absolute atomic E-state index is 10.8. The van der Waals surface area contributed by atoms with Crippen LogP contribution in [0.25, 0.3) is 0 Å². The molecule has 0 aliphatic rings. The maximum atomic E-state index is 10.8. The van der Waals surface area contributed by atoms with Crippen LogP contribution in [0.4, 0.5) is 0 Å². The molecule has 0 saturated heterocycles. The molecule has 0 aromatic rings. The Bertz CT molecular complexity index is 307. The summed E-state index contributed by atoms with van der Waals surface area (Å²) < 4.78 is 11.4. The lowest BCUT2D eigenvalue weighted by atomic mass is 9.99. The van der Waals surface area contributed by atoms with E-state index in [2.05, 4.69) is 13.8 Å². The summed E-state index contributed by atoms with van der Waals surface area (Å²) in [6, 6.07) is 0. The Morgan fingerprint density at radius 3 is 2.33 bits per heavy atom. The molecule has 0 radical (unpaired) electrons. The zero-order chi connectivity index (χ0) is 16.4. The highest BCUT2D eigenvalue weighted by molar-refractivity contribution is 8.00. The van der Waals surface area contributed by atoms with E-state index in [1.807, 2.05) is 13.8 Å². The van der Waals surface area contributed by atoms with Gasteiger partial charge in [0.05, 0.1) is 23.1 Å². The largest absolute Gasteiger partial charge is 0.379 e. The molecule has 124 valence electrons. The van der Waals surface area contributed by atoms with Crippen LogP contribution in [0.2, 0.25) is 0 Å². The second kappa shape index (κ2) is 10.4. The predicted octanol–water partition coefficient (Wildman–Crippen LogP) is 3.27. The van der Waals surface area contributed by atoms with E-state index in [1.54, 1.807) is 7.11 Å². The Kier molecular flexibility index (Phi) is 10.2. The Morgan fingerprint density at radius 2 is 1.86 bits per heavy atom. The minimum Gasteiger partial charge on any atom is -0.379 e. The molecular formula is C16H30O4S. The Morgan fingerprint density at radius 1 is 1.19 bits per heavy atom. The standard InChI is InChI=1S/C16H30O4S/c1-6-16(4,20-11-8-15(2,3)19-5)9-12-21-14(13-18)7-10-17/h10,13-14H,6-9,11-12H2,1-5H3. The number of carbonyl (C=O) groups is 2. The number of rotatable bonds is 13. The lowest BCUT2D eigenvalue weighted by Crippen LogP contribution is -2.32. The number of hydrogen-bond acceptors (Lipinski definition) is 5. The zero-order valence-electron chi connectivity index (χ0n) is 14.0. The summed E-state index contributed by atoms with van der Waals surface area (Å²) in [5.41, 5.74) is -0.360. The van der Waals surface area contributed by atoms with Crippen LogP contribution in [0.3, 0.4) is 0 Å². The van der Waals surface area contributed by atoms with Gasteiger partial charge in [-0.3, -0.25) is 0 Å². The van der Waals surface area contributed by atoms with Gasteiger partial charge in [0.1, 0.15) is 12.6 Å². The highest BCUT2D eigenvalue weighted by Crippen LogP contribution is 2.25. The predicted molar refractivity (Wildman–Crippen MR) is 88.0 cm³/mol. The first-order chi connectivity index (χ1) is 9.82. The summed E-state index contributed by atoms with van der Waals surface area (Å²) >= 11 is 1.53. The fraction of sp³-hybridized carbons (Fsp3) is 0.875. The fourth-order valence-electron chi connectivity index (χ4n) is 1.68. The summed E-state index contributed by atoms with van der Waals surface area (Å²) in [5, 5.41) is -0.226. The van der Waals surface area contributed by atoms with Crippen LogP contribution in [0.15, 0.2) is 0 Å². The molecule has 0 spiro atoms. The lowest BCUT2D eigenvalue weighted by molar-refractivity contribution is -0.111. The van der Waals surface area contributed by atoms with Crippen LogP contribution < -0.4 is 0 Å². The van der Waals surface area contributed by atoms with Gasteiger partial charge in [0.25, 0.3) is 0 Å². The van der Waals surface area contributed by atoms with E-state index in [-0.39, 0.29) is 16.5 Å². The van der Waals surface area contributed by atoms with Crippen molar-refractivity contribution in [2.75, 3.05) is 19.5 Å². The molecule has 2 atom stereocenters. The van der Waals surface area contributed by atoms with Crippen molar-refractivity contribution >= 4 is 24.3 Å². The van der Waals surface area contributed by atoms with E-state index in [0.29, 0.717) is 13.0 Å². The highest BCUT2D eigenvalue weighted by Gasteiger charge is 2.25. The van der Waals surface area contributed by atoms with Crippen LogP contribution in [0.1, 0.15) is 53.4 Å². The molecular weight excluding hydrogens is 288 g/mol. The summed E-state index contributed by atoms with van der Waals surface area (Å²) in [5.74, 6) is 0.815. The van der Waals surface area contributed by atoms with Crippen molar-refractivity contribution in [2.45, 2.75) is 69.8 Å². The van der Waals surface area contributed by atoms with Crippen molar-refractivity contribution in [3.8, 4) is 0 Å². The SMILES string of the molecule is CCC(C)(CCSC(C=O)CC=O)OCCC(C)(C)OC. The third kappa shape index (κ3) is 9.27. The third-order valence-corrected chi connectivity index (χ3v) is 5.07. The zero-order valence-corrected chi connectivity index (χ0v) is 14.8. The van der Waals surface area contributed by atoms with Gasteiger partial charge < -0.3 is 19.1 Å². The molecule has 0 aromatic heterocycles. The summed E-state index contributed by atoms with van der Waals surface area (Å²) in [4.78, 5) is 21.3. The van der Waals surface area contributed by atoms with E-state index in [9.17, 15) is 9.59 Å². The Balaban J connectivity index is 4.15. The van der Waals surface area contributed by atoms with E-state index in [1.165, 1.54) is 11.8 Å². The fourth-order valence-corrected chi connectivity index (χ4v) is 2.83. The first-order valence-corrected chi connectivity index (χ1v) is 8.57. The normalized spacial score (nSPS) is 16.2. The second-order valence-corrected chi connectivity index (χ2v) is 7.41. The Hall–Kier alpha value is -0.390. The summed E-state index contributed by atoms with van der Waals surface area (Å²) in [7, 11) is 1.71. The van der Waals surface area contributed by atoms with E-state index < -0.39 is 0 Å². The first-order valence-electron chi connectivity index (χ1n) is 7.52. The molecule has 0 fully saturated rings. The average Bonchev–Trinajstić information content (AvgIpc) is 2.46. The molecule has 0 aromatic carbocycles. The van der Waals surface area contributed by atoms with E-state index in [0.717, 1.165) is 37.6 Å². The minimum absolute atomic E-state index is 0.171. The first kappa shape index (κ1) is 20.6. The van der Waals surface area contributed by atoms with Gasteiger partial charge in [-0.15, -0.1) is 0 Å². The molecule has 2 unspecified atom stereocenters. The van der Waals surface area contributed by atoms with Gasteiger partial charge >= 0.3 is 0 Å². The smallest absolute Gasteiger partial charge is 0.133 e. The second-order valence-electron chi connectivity index (χ2n) is 6.06. The molecule has 0 bridgehead atoms. The molecule has 0 heterocycles. The monoisotopic (exact) mass is 318 g/mol. The van der Waals surface area contributed by atoms with Crippen molar-refractivity contribution in [1.29, 1.82) is 0 Å². The molecule has 0 amide bonds. The van der Waals surface area contributed by atoms with Gasteiger partial charge in [-0.25, -0.2) is 0 Å². The third-order valence-electron chi connectivity index (χ3n) is 3.90. The van der Waals surface area contributed by atoms with Crippen molar-refractivity contribution in [3.63, 3.8) is 0 Å². The van der Waals surface area contributed by atoms with Gasteiger partial charge in [-0.2, -0.15) is 11.8 Å². The van der Waals surface area contributed by atoms with Crippen LogP contribution in [0.5, 0.6) is 0 Å². The maximum Gasteiger partial charge on any atom is 0.133 e. The summed E-state index contributed by atoms with van der Waals surface area (Å²) in [6.45, 7) is 8.95. The number of carbonyl (C=O) groups excluding carboxylic acids is 2. The van der Waals surface area contributed by atoms with Gasteiger partial charge in [-0.1, -0.05) is 6.92 Å². The van der Waals surface area contributed by atoms with Gasteiger partial charge in [0.15, 0.2) is 0 Å². The van der Waals surface area contributed by atoms with Crippen LogP contribution in [-0.2, 0) is 19.1 Å². The molecule has 0 rings (SSSR count). The quantitative estimate of drug-likeness (QED) is 0.488. The highest BCUT2D eigenvalue weighted by atomic mass is 32.2. The summed E-state index contributed by atoms with van der Waals surface area (Å²) in [6.07, 6.45) is 4.57. The molecule has 21 heavy (non-hydrogen) atoms. The molecule has 5 heteroatoms. The van der Waals surface area contributed by atoms with Crippen LogP contribution >= 0.6 is 11.8 Å². The number of thioether (sulfide) groups is 1. The number of hydrogen-bond donors (Lipinski definition) is 0. The molecule has 0 aliphatic carbocycles. The molecule has 0 N–H and O–H groups in total. The number of aldehydes is 2. The molecule has 0 saturated carbocycles. The van der Waals surface area contributed by atoms with E-state index >= 15 is 0 Å².